The minimum absolute atomic E-state index is 0.0721. The lowest BCUT2D eigenvalue weighted by Gasteiger charge is -2.50. The summed E-state index contributed by atoms with van der Waals surface area (Å²) in [6, 6.07) is 22.7. The number of benzene rings is 3. The van der Waals surface area contributed by atoms with Gasteiger partial charge in [0.1, 0.15) is 32.8 Å². The first-order valence-corrected chi connectivity index (χ1v) is 14.9. The van der Waals surface area contributed by atoms with Gasteiger partial charge in [0.25, 0.3) is 5.69 Å². The predicted octanol–water partition coefficient (Wildman–Crippen LogP) is 4.71. The molecule has 1 saturated heterocycles. The minimum Gasteiger partial charge on any atom is -0.445 e. The average Bonchev–Trinajstić information content (AvgIpc) is 3.04. The number of amides is 2. The van der Waals surface area contributed by atoms with Gasteiger partial charge >= 0.3 is 12.2 Å². The standard InChI is InChI=1S/C32H30N4O7S/c1-34(2)18-17-25-20-44-30-26(33-31(38)42-19-21-13-15-24(16-14-21)36(40)41)28(37)27(30)35(25)32(39)43-29(22-9-5-3-6-10-22)23-11-7-4-8-12-23/h3-18,26-27,29-30H,19-20H2,1-2H3/p+1. The Bertz CT molecular complexity index is 1550. The number of carbonyl (C=O) groups excluding carboxylic acids is 3. The van der Waals surface area contributed by atoms with Crippen molar-refractivity contribution in [1.29, 1.82) is 0 Å². The highest BCUT2D eigenvalue weighted by Gasteiger charge is 2.58. The first-order valence-electron chi connectivity index (χ1n) is 13.8. The van der Waals surface area contributed by atoms with Gasteiger partial charge in [0.05, 0.1) is 10.2 Å². The largest absolute Gasteiger partial charge is 0.445 e. The molecule has 5 rings (SSSR count). The van der Waals surface area contributed by atoms with E-state index in [-0.39, 0.29) is 18.1 Å². The predicted molar refractivity (Wildman–Crippen MR) is 165 cm³/mol. The molecule has 0 aromatic heterocycles. The van der Waals surface area contributed by atoms with E-state index in [1.54, 1.807) is 12.3 Å². The number of thioether (sulfide) groups is 1. The van der Waals surface area contributed by atoms with Gasteiger partial charge in [-0.05, 0) is 28.8 Å². The summed E-state index contributed by atoms with van der Waals surface area (Å²) in [6.07, 6.45) is 1.43. The molecule has 3 aromatic carbocycles. The zero-order valence-electron chi connectivity index (χ0n) is 24.1. The van der Waals surface area contributed by atoms with E-state index in [1.807, 2.05) is 79.3 Å². The van der Waals surface area contributed by atoms with Crippen LogP contribution in [0.2, 0.25) is 0 Å². The molecule has 2 fully saturated rings. The van der Waals surface area contributed by atoms with Crippen LogP contribution >= 0.6 is 11.8 Å². The van der Waals surface area contributed by atoms with Crippen LogP contribution in [-0.2, 0) is 20.9 Å². The summed E-state index contributed by atoms with van der Waals surface area (Å²) in [5.74, 6) is 0.0730. The molecule has 2 aliphatic rings. The van der Waals surface area contributed by atoms with Gasteiger partial charge in [-0.3, -0.25) is 19.8 Å². The highest BCUT2D eigenvalue weighted by Crippen LogP contribution is 2.42. The summed E-state index contributed by atoms with van der Waals surface area (Å²) >= 11 is 1.47. The number of ketones is 1. The number of nitrogens with zero attached hydrogens (tertiary/aromatic N) is 3. The van der Waals surface area contributed by atoms with Gasteiger partial charge in [-0.25, -0.2) is 14.2 Å². The van der Waals surface area contributed by atoms with E-state index >= 15 is 0 Å². The molecule has 226 valence electrons. The van der Waals surface area contributed by atoms with Crippen molar-refractivity contribution in [1.82, 2.24) is 10.2 Å². The first kappa shape index (κ1) is 30.5. The van der Waals surface area contributed by atoms with Crippen LogP contribution in [0, 0.1) is 10.1 Å². The molecule has 11 nitrogen and oxygen atoms in total. The van der Waals surface area contributed by atoms with Crippen LogP contribution in [0.1, 0.15) is 22.8 Å². The van der Waals surface area contributed by atoms with Crippen LogP contribution in [0.15, 0.2) is 96.7 Å². The summed E-state index contributed by atoms with van der Waals surface area (Å²) in [7, 11) is 3.71. The normalized spacial score (nSPS) is 19.9. The van der Waals surface area contributed by atoms with E-state index in [0.29, 0.717) is 17.0 Å². The van der Waals surface area contributed by atoms with Gasteiger partial charge in [0.15, 0.2) is 18.1 Å². The van der Waals surface area contributed by atoms with Crippen molar-refractivity contribution in [3.63, 3.8) is 0 Å². The molecule has 1 aliphatic heterocycles. The molecule has 1 N–H and O–H groups in total. The molecule has 0 radical (unpaired) electrons. The molecular weight excluding hydrogens is 584 g/mol. The molecule has 1 aliphatic carbocycles. The SMILES string of the molecule is C[N+](C)=CC=C1CSC2C(NC(=O)OCc3ccc([N+](=O)[O-])cc3)C(=O)C2N1C(=O)OC(c1ccccc1)c1ccccc1. The summed E-state index contributed by atoms with van der Waals surface area (Å²) in [4.78, 5) is 51.8. The number of alkyl carbamates (subject to hydrolysis) is 1. The number of ether oxygens (including phenoxy) is 2. The van der Waals surface area contributed by atoms with Crippen LogP contribution in [-0.4, -0.2) is 75.8 Å². The first-order chi connectivity index (χ1) is 21.2. The van der Waals surface area contributed by atoms with Crippen molar-refractivity contribution in [2.45, 2.75) is 30.0 Å². The molecule has 3 aromatic rings. The molecule has 3 unspecified atom stereocenters. The molecule has 44 heavy (non-hydrogen) atoms. The van der Waals surface area contributed by atoms with Crippen LogP contribution in [0.4, 0.5) is 15.3 Å². The van der Waals surface area contributed by atoms with E-state index < -0.39 is 40.5 Å². The van der Waals surface area contributed by atoms with E-state index in [0.717, 1.165) is 11.1 Å². The maximum atomic E-state index is 13.9. The van der Waals surface area contributed by atoms with E-state index in [1.165, 1.54) is 40.9 Å². The molecule has 2 amide bonds. The Morgan fingerprint density at radius 2 is 1.64 bits per heavy atom. The lowest BCUT2D eigenvalue weighted by molar-refractivity contribution is -0.458. The molecule has 1 saturated carbocycles. The van der Waals surface area contributed by atoms with Crippen molar-refractivity contribution in [3.05, 3.63) is 124 Å². The zero-order valence-corrected chi connectivity index (χ0v) is 24.9. The Kier molecular flexibility index (Phi) is 9.39. The second-order valence-corrected chi connectivity index (χ2v) is 11.6. The summed E-state index contributed by atoms with van der Waals surface area (Å²) in [5.41, 5.74) is 2.67. The number of rotatable bonds is 8. The van der Waals surface area contributed by atoms with Gasteiger partial charge in [0, 0.05) is 29.7 Å². The van der Waals surface area contributed by atoms with Crippen molar-refractivity contribution in [2.75, 3.05) is 19.8 Å². The smallest absolute Gasteiger partial charge is 0.415 e. The lowest BCUT2D eigenvalue weighted by atomic mass is 9.82. The summed E-state index contributed by atoms with van der Waals surface area (Å²) in [5, 5.41) is 13.1. The lowest BCUT2D eigenvalue weighted by Crippen LogP contribution is -2.73. The molecule has 0 bridgehead atoms. The fourth-order valence-corrected chi connectivity index (χ4v) is 6.41. The van der Waals surface area contributed by atoms with Gasteiger partial charge in [0.2, 0.25) is 0 Å². The molecular formula is C32H31N4O7S+. The van der Waals surface area contributed by atoms with Gasteiger partial charge in [-0.15, -0.1) is 11.8 Å². The molecule has 1 heterocycles. The minimum atomic E-state index is -0.858. The van der Waals surface area contributed by atoms with E-state index in [9.17, 15) is 24.5 Å². The van der Waals surface area contributed by atoms with Gasteiger partial charge in [-0.2, -0.15) is 0 Å². The summed E-state index contributed by atoms with van der Waals surface area (Å²) < 4.78 is 13.2. The van der Waals surface area contributed by atoms with E-state index in [4.69, 9.17) is 9.47 Å². The number of allylic oxidation sites excluding steroid dienone is 1. The monoisotopic (exact) mass is 615 g/mol. The summed E-state index contributed by atoms with van der Waals surface area (Å²) in [6.45, 7) is -0.127. The number of carbonyl (C=O) groups is 3. The van der Waals surface area contributed by atoms with Gasteiger partial charge in [-0.1, -0.05) is 60.7 Å². The molecule has 12 heteroatoms. The fourth-order valence-electron chi connectivity index (χ4n) is 4.98. The van der Waals surface area contributed by atoms with Crippen LogP contribution in [0.25, 0.3) is 0 Å². The number of nitro benzene ring substituents is 1. The molecule has 3 atom stereocenters. The van der Waals surface area contributed by atoms with Gasteiger partial charge < -0.3 is 14.8 Å². The Hall–Kier alpha value is -4.97. The van der Waals surface area contributed by atoms with Crippen LogP contribution in [0.3, 0.4) is 0 Å². The third kappa shape index (κ3) is 6.81. The van der Waals surface area contributed by atoms with Crippen molar-refractivity contribution in [3.8, 4) is 0 Å². The van der Waals surface area contributed by atoms with Crippen LogP contribution in [0.5, 0.6) is 0 Å². The second-order valence-electron chi connectivity index (χ2n) is 10.5. The second kappa shape index (κ2) is 13.6. The Balaban J connectivity index is 1.32. The maximum absolute atomic E-state index is 13.9. The highest BCUT2D eigenvalue weighted by molar-refractivity contribution is 8.00. The molecule has 0 spiro atoms. The number of hydrogen-bond acceptors (Lipinski definition) is 8. The maximum Gasteiger partial charge on any atom is 0.415 e. The number of Topliss-reactive ketones (excluding diaryl/α,β-unsaturated/α-hetero) is 1. The number of nitrogens with one attached hydrogen (secondary N) is 1. The van der Waals surface area contributed by atoms with Crippen molar-refractivity contribution in [2.24, 2.45) is 0 Å². The van der Waals surface area contributed by atoms with E-state index in [2.05, 4.69) is 5.32 Å². The quantitative estimate of drug-likeness (QED) is 0.167. The third-order valence-corrected chi connectivity index (χ3v) is 8.60. The number of nitro groups is 1. The van der Waals surface area contributed by atoms with Crippen molar-refractivity contribution < 1.29 is 33.4 Å². The number of hydrogen-bond donors (Lipinski definition) is 1. The number of non-ortho nitro benzene ring substituents is 1. The zero-order chi connectivity index (χ0) is 31.2. The van der Waals surface area contributed by atoms with Crippen molar-refractivity contribution >= 4 is 41.6 Å². The third-order valence-electron chi connectivity index (χ3n) is 7.22. The van der Waals surface area contributed by atoms with Crippen LogP contribution < -0.4 is 5.32 Å². The highest BCUT2D eigenvalue weighted by atomic mass is 32.2. The number of fused-ring (bicyclic) bond motifs is 1. The Morgan fingerprint density at radius 3 is 2.20 bits per heavy atom. The topological polar surface area (TPSA) is 131 Å². The fraction of sp³-hybridized carbons (Fsp3) is 0.250. The Morgan fingerprint density at radius 1 is 1.02 bits per heavy atom. The Labute approximate surface area is 258 Å². The average molecular weight is 616 g/mol.